The van der Waals surface area contributed by atoms with E-state index in [2.05, 4.69) is 13.8 Å². The first-order valence-electron chi connectivity index (χ1n) is 23.3. The summed E-state index contributed by atoms with van der Waals surface area (Å²) in [5, 5.41) is 41.6. The largest absolute Gasteiger partial charge is 2.00 e. The van der Waals surface area contributed by atoms with Gasteiger partial charge in [-0.05, 0) is 49.7 Å². The Morgan fingerprint density at radius 3 is 1.02 bits per heavy atom. The van der Waals surface area contributed by atoms with Crippen molar-refractivity contribution in [2.75, 3.05) is 0 Å². The molecule has 4 unspecified atom stereocenters. The van der Waals surface area contributed by atoms with Gasteiger partial charge in [0.2, 0.25) is 0 Å². The van der Waals surface area contributed by atoms with Gasteiger partial charge in [-0.25, -0.2) is 0 Å². The summed E-state index contributed by atoms with van der Waals surface area (Å²) in [5.74, 6) is -2.08. The molecule has 0 fully saturated rings. The van der Waals surface area contributed by atoms with Crippen molar-refractivity contribution in [1.29, 1.82) is 0 Å². The second-order valence-electron chi connectivity index (χ2n) is 16.4. The van der Waals surface area contributed by atoms with Gasteiger partial charge in [-0.1, -0.05) is 203 Å². The van der Waals surface area contributed by atoms with E-state index >= 15 is 0 Å². The zero-order chi connectivity index (χ0) is 42.3. The number of aliphatic hydroxyl groups is 2. The van der Waals surface area contributed by atoms with Crippen LogP contribution in [0.15, 0.2) is 60.7 Å². The number of hydrogen-bond donors (Lipinski definition) is 2. The number of carbonyl (C=O) groups is 2. The average molecular weight is 949 g/mol. The number of carboxylic acids is 2. The van der Waals surface area contributed by atoms with Crippen LogP contribution in [0.5, 0.6) is 0 Å². The van der Waals surface area contributed by atoms with Crippen LogP contribution in [0.3, 0.4) is 0 Å². The van der Waals surface area contributed by atoms with E-state index in [1.165, 1.54) is 64.2 Å². The number of rotatable bonds is 38. The molecule has 0 bridgehead atoms. The fourth-order valence-electron chi connectivity index (χ4n) is 7.23. The van der Waals surface area contributed by atoms with E-state index < -0.39 is 11.9 Å². The molecule has 0 heterocycles. The molecule has 2 N–H and O–H groups in total. The molecule has 0 aromatic heterocycles. The second kappa shape index (κ2) is 42.1. The third kappa shape index (κ3) is 38.2. The average Bonchev–Trinajstić information content (AvgIpc) is 3.22. The number of aliphatic hydroxyl groups excluding tert-OH is 2. The van der Waals surface area contributed by atoms with Gasteiger partial charge in [0, 0.05) is 24.8 Å². The van der Waals surface area contributed by atoms with Crippen molar-refractivity contribution in [3.8, 4) is 0 Å². The van der Waals surface area contributed by atoms with Crippen molar-refractivity contribution >= 4 is 60.8 Å². The van der Waals surface area contributed by atoms with E-state index in [1.54, 1.807) is 0 Å². The molecule has 332 valence electrons. The van der Waals surface area contributed by atoms with Crippen molar-refractivity contribution in [1.82, 2.24) is 0 Å². The molecule has 0 radical (unpaired) electrons. The van der Waals surface area contributed by atoms with Crippen LogP contribution in [0, 0.1) is 0 Å². The number of benzene rings is 2. The quantitative estimate of drug-likeness (QED) is 0.0501. The van der Waals surface area contributed by atoms with Crippen LogP contribution >= 0.6 is 0 Å². The zero-order valence-corrected chi connectivity index (χ0v) is 41.8. The van der Waals surface area contributed by atoms with Gasteiger partial charge in [-0.15, -0.1) is 0 Å². The normalized spacial score (nSPS) is 13.1. The van der Waals surface area contributed by atoms with Crippen LogP contribution < -0.4 is 10.2 Å². The molecule has 2 rings (SSSR count). The van der Waals surface area contributed by atoms with Crippen LogP contribution in [-0.4, -0.2) is 95.4 Å². The topological polar surface area (TPSA) is 139 Å². The number of ether oxygens (including phenoxy) is 2. The van der Waals surface area contributed by atoms with E-state index in [-0.39, 0.29) is 86.1 Å². The maximum absolute atomic E-state index is 11.0. The number of hydrogen-bond acceptors (Lipinski definition) is 8. The first-order valence-corrected chi connectivity index (χ1v) is 23.3. The minimum atomic E-state index is -1.04. The second-order valence-corrected chi connectivity index (χ2v) is 16.4. The first-order chi connectivity index (χ1) is 28.2. The summed E-state index contributed by atoms with van der Waals surface area (Å²) < 4.78 is 11.6. The summed E-state index contributed by atoms with van der Waals surface area (Å²) in [6.45, 7) is 5.22. The molecule has 0 aliphatic rings. The Hall–Kier alpha value is -1.21. The Kier molecular flexibility index (Phi) is 41.2. The molecular weight excluding hydrogens is 866 g/mol. The molecule has 0 saturated carbocycles. The fourth-order valence-corrected chi connectivity index (χ4v) is 7.23. The minimum Gasteiger partial charge on any atom is -0.550 e. The molecule has 0 amide bonds. The van der Waals surface area contributed by atoms with Crippen LogP contribution in [-0.2, 0) is 32.3 Å². The molecule has 2 aromatic rings. The maximum Gasteiger partial charge on any atom is 2.00 e. The number of carbonyl (C=O) groups excluding carboxylic acids is 2. The summed E-state index contributed by atoms with van der Waals surface area (Å²) in [6, 6.07) is 19.7. The third-order valence-corrected chi connectivity index (χ3v) is 10.9. The molecule has 0 saturated heterocycles. The van der Waals surface area contributed by atoms with Gasteiger partial charge in [0.15, 0.2) is 0 Å². The number of unbranched alkanes of at least 4 members (excludes halogenated alkanes) is 16. The Balaban J connectivity index is 0.00000112. The van der Waals surface area contributed by atoms with Gasteiger partial charge in [-0.3, -0.25) is 0 Å². The molecule has 9 heteroatoms. The van der Waals surface area contributed by atoms with Crippen LogP contribution in [0.4, 0.5) is 0 Å². The molecule has 0 aliphatic heterocycles. The summed E-state index contributed by atoms with van der Waals surface area (Å²) in [7, 11) is 0. The Morgan fingerprint density at radius 2 is 0.729 bits per heavy atom. The van der Waals surface area contributed by atoms with Crippen LogP contribution in [0.25, 0.3) is 0 Å². The Labute approximate surface area is 400 Å². The predicted octanol–water partition coefficient (Wildman–Crippen LogP) is 9.95. The van der Waals surface area contributed by atoms with E-state index in [0.717, 1.165) is 114 Å². The zero-order valence-electron chi connectivity index (χ0n) is 37.3. The SMILES string of the molecule is CCCCC(O)CCCCCCCCCCC(CC(=O)[O-])OCc1ccccc1.CCCCC(O)CCCCCCCCCCC(CC(=O)[O-])OCc1ccccc1.[Ba+2]. The van der Waals surface area contributed by atoms with Gasteiger partial charge in [0.05, 0.1) is 37.6 Å². The molecular formula is C50H82BaO8. The van der Waals surface area contributed by atoms with E-state index in [4.69, 9.17) is 9.47 Å². The Morgan fingerprint density at radius 1 is 0.458 bits per heavy atom. The van der Waals surface area contributed by atoms with Gasteiger partial charge < -0.3 is 39.5 Å². The maximum atomic E-state index is 11.0. The number of aliphatic carboxylic acids is 2. The molecule has 2 aromatic carbocycles. The Bertz CT molecular complexity index is 1110. The van der Waals surface area contributed by atoms with Gasteiger partial charge >= 0.3 is 48.9 Å². The molecule has 59 heavy (non-hydrogen) atoms. The van der Waals surface area contributed by atoms with E-state index in [1.807, 2.05) is 60.7 Å². The number of carboxylic acid groups (broad SMARTS) is 2. The van der Waals surface area contributed by atoms with Crippen molar-refractivity contribution in [3.63, 3.8) is 0 Å². The van der Waals surface area contributed by atoms with Crippen LogP contribution in [0.2, 0.25) is 0 Å². The van der Waals surface area contributed by atoms with Crippen molar-refractivity contribution in [3.05, 3.63) is 71.8 Å². The third-order valence-electron chi connectivity index (χ3n) is 10.9. The van der Waals surface area contributed by atoms with Gasteiger partial charge in [0.25, 0.3) is 0 Å². The fraction of sp³-hybridized carbons (Fsp3) is 0.720. The summed E-state index contributed by atoms with van der Waals surface area (Å²) in [4.78, 5) is 21.9. The first kappa shape index (κ1) is 57.8. The summed E-state index contributed by atoms with van der Waals surface area (Å²) in [5.41, 5.74) is 2.13. The summed E-state index contributed by atoms with van der Waals surface area (Å²) >= 11 is 0. The minimum absolute atomic E-state index is 0. The molecule has 0 spiro atoms. The van der Waals surface area contributed by atoms with Crippen molar-refractivity contribution in [2.24, 2.45) is 0 Å². The smallest absolute Gasteiger partial charge is 0.550 e. The van der Waals surface area contributed by atoms with Crippen LogP contribution in [0.1, 0.15) is 205 Å². The molecule has 4 atom stereocenters. The van der Waals surface area contributed by atoms with E-state index in [0.29, 0.717) is 13.2 Å². The van der Waals surface area contributed by atoms with Gasteiger partial charge in [-0.2, -0.15) is 0 Å². The standard InChI is InChI=1S/2C25H42O4.Ba/c2*1-2-3-17-23(26)18-13-8-6-4-5-7-9-14-19-24(20-25(27)28)29-21-22-15-11-10-12-16-22;/h2*10-12,15-16,23-24,26H,2-9,13-14,17-21H2,1H3,(H,27,28);/q;;+2/p-2. The van der Waals surface area contributed by atoms with E-state index in [9.17, 15) is 30.0 Å². The van der Waals surface area contributed by atoms with Crippen molar-refractivity contribution < 1.29 is 39.5 Å². The van der Waals surface area contributed by atoms with Crippen molar-refractivity contribution in [2.45, 2.75) is 231 Å². The van der Waals surface area contributed by atoms with Gasteiger partial charge in [0.1, 0.15) is 0 Å². The molecule has 8 nitrogen and oxygen atoms in total. The predicted molar refractivity (Wildman–Crippen MR) is 238 cm³/mol. The monoisotopic (exact) mass is 949 g/mol. The molecule has 0 aliphatic carbocycles. The summed E-state index contributed by atoms with van der Waals surface area (Å²) in [6.07, 6.45) is 27.9.